The minimum atomic E-state index is 0.250. The number of hydrogen-bond donors (Lipinski definition) is 2. The number of nitrogens with zero attached hydrogens (tertiary/aromatic N) is 7. The molecule has 5 heterocycles. The summed E-state index contributed by atoms with van der Waals surface area (Å²) in [4.78, 5) is 11.3. The molecule has 5 aromatic rings. The molecule has 4 aromatic heterocycles. The number of aromatic nitrogens is 6. The molecule has 1 aliphatic rings. The predicted octanol–water partition coefficient (Wildman–Crippen LogP) is 4.48. The lowest BCUT2D eigenvalue weighted by atomic mass is 9.97. The third-order valence-corrected chi connectivity index (χ3v) is 7.04. The first-order valence-electron chi connectivity index (χ1n) is 12.9. The van der Waals surface area contributed by atoms with E-state index in [9.17, 15) is 0 Å². The first-order chi connectivity index (χ1) is 18.6. The second kappa shape index (κ2) is 10.2. The summed E-state index contributed by atoms with van der Waals surface area (Å²) in [5.41, 5.74) is 11.1. The van der Waals surface area contributed by atoms with Crippen LogP contribution < -0.4 is 15.8 Å². The number of anilines is 2. The number of nitrogens with two attached hydrogens (primary N) is 1. The van der Waals surface area contributed by atoms with Crippen molar-refractivity contribution in [2.24, 2.45) is 5.73 Å². The van der Waals surface area contributed by atoms with Crippen LogP contribution in [0.1, 0.15) is 30.9 Å². The van der Waals surface area contributed by atoms with Gasteiger partial charge in [-0.15, -0.1) is 0 Å². The van der Waals surface area contributed by atoms with Crippen LogP contribution in [0.2, 0.25) is 0 Å². The summed E-state index contributed by atoms with van der Waals surface area (Å²) in [5, 5.41) is 12.1. The van der Waals surface area contributed by atoms with E-state index in [4.69, 9.17) is 10.5 Å². The van der Waals surface area contributed by atoms with Crippen LogP contribution in [-0.2, 0) is 6.54 Å². The van der Waals surface area contributed by atoms with E-state index in [1.807, 2.05) is 48.1 Å². The summed E-state index contributed by atoms with van der Waals surface area (Å²) >= 11 is 0. The molecule has 10 nitrogen and oxygen atoms in total. The number of benzene rings is 1. The van der Waals surface area contributed by atoms with Crippen molar-refractivity contribution in [3.8, 4) is 11.5 Å². The molecule has 0 bridgehead atoms. The van der Waals surface area contributed by atoms with Gasteiger partial charge in [0.25, 0.3) is 0 Å². The molecule has 0 spiro atoms. The Morgan fingerprint density at radius 3 is 2.79 bits per heavy atom. The fourth-order valence-corrected chi connectivity index (χ4v) is 5.11. The SMILES string of the molecule is C/C=C/C1C[C@@H](N)CCN1Cc1ccn2ncnc(Nc3ccc(Oc4ccn5ncnc5c4)c(C)c3)c12. The Bertz CT molecular complexity index is 1600. The second-order valence-corrected chi connectivity index (χ2v) is 9.72. The van der Waals surface area contributed by atoms with Crippen LogP contribution in [0.15, 0.2) is 73.6 Å². The summed E-state index contributed by atoms with van der Waals surface area (Å²) in [6.45, 7) is 5.86. The van der Waals surface area contributed by atoms with E-state index in [1.54, 1.807) is 10.8 Å². The number of pyridine rings is 1. The highest BCUT2D eigenvalue weighted by Crippen LogP contribution is 2.31. The maximum Gasteiger partial charge on any atom is 0.158 e. The van der Waals surface area contributed by atoms with E-state index in [0.29, 0.717) is 11.8 Å². The first-order valence-corrected chi connectivity index (χ1v) is 12.9. The molecule has 1 unspecified atom stereocenters. The van der Waals surface area contributed by atoms with Crippen LogP contribution in [-0.4, -0.2) is 52.7 Å². The molecular weight excluding hydrogens is 478 g/mol. The summed E-state index contributed by atoms with van der Waals surface area (Å²) in [6, 6.07) is 12.5. The molecule has 1 aliphatic heterocycles. The van der Waals surface area contributed by atoms with E-state index in [0.717, 1.165) is 59.9 Å². The van der Waals surface area contributed by atoms with Crippen LogP contribution in [0.4, 0.5) is 11.5 Å². The number of fused-ring (bicyclic) bond motifs is 2. The maximum absolute atomic E-state index is 6.27. The molecule has 194 valence electrons. The van der Waals surface area contributed by atoms with Gasteiger partial charge < -0.3 is 15.8 Å². The lowest BCUT2D eigenvalue weighted by molar-refractivity contribution is 0.159. The molecule has 6 rings (SSSR count). The molecule has 1 aromatic carbocycles. The van der Waals surface area contributed by atoms with Gasteiger partial charge >= 0.3 is 0 Å². The van der Waals surface area contributed by atoms with Crippen LogP contribution in [0.5, 0.6) is 11.5 Å². The molecule has 2 atom stereocenters. The molecule has 1 saturated heterocycles. The Hall–Kier alpha value is -4.28. The summed E-state index contributed by atoms with van der Waals surface area (Å²) in [7, 11) is 0. The van der Waals surface area contributed by atoms with Gasteiger partial charge in [-0.05, 0) is 68.1 Å². The molecule has 0 saturated carbocycles. The van der Waals surface area contributed by atoms with Crippen LogP contribution in [0, 0.1) is 6.92 Å². The Labute approximate surface area is 220 Å². The smallest absolute Gasteiger partial charge is 0.158 e. The Balaban J connectivity index is 1.23. The van der Waals surface area contributed by atoms with Crippen LogP contribution in [0.3, 0.4) is 0 Å². The number of piperidine rings is 1. The highest BCUT2D eigenvalue weighted by molar-refractivity contribution is 5.76. The number of ether oxygens (including phenoxy) is 1. The minimum absolute atomic E-state index is 0.250. The van der Waals surface area contributed by atoms with E-state index >= 15 is 0 Å². The summed E-state index contributed by atoms with van der Waals surface area (Å²) in [5.74, 6) is 2.25. The molecule has 0 aliphatic carbocycles. The van der Waals surface area contributed by atoms with Gasteiger partial charge in [-0.2, -0.15) is 10.2 Å². The topological polar surface area (TPSA) is 111 Å². The second-order valence-electron chi connectivity index (χ2n) is 9.72. The first kappa shape index (κ1) is 24.1. The van der Waals surface area contributed by atoms with Crippen molar-refractivity contribution < 1.29 is 4.74 Å². The zero-order valence-electron chi connectivity index (χ0n) is 21.5. The van der Waals surface area contributed by atoms with Crippen molar-refractivity contribution in [2.75, 3.05) is 11.9 Å². The van der Waals surface area contributed by atoms with Gasteiger partial charge in [0.15, 0.2) is 11.5 Å². The van der Waals surface area contributed by atoms with Gasteiger partial charge in [-0.25, -0.2) is 19.0 Å². The van der Waals surface area contributed by atoms with E-state index < -0.39 is 0 Å². The van der Waals surface area contributed by atoms with Gasteiger partial charge in [-0.3, -0.25) is 4.90 Å². The molecule has 10 heteroatoms. The number of allylic oxidation sites excluding steroid dienone is 1. The minimum Gasteiger partial charge on any atom is -0.457 e. The quantitative estimate of drug-likeness (QED) is 0.309. The zero-order valence-corrected chi connectivity index (χ0v) is 21.5. The van der Waals surface area contributed by atoms with Crippen molar-refractivity contribution in [3.63, 3.8) is 0 Å². The number of likely N-dealkylation sites (tertiary alicyclic amines) is 1. The maximum atomic E-state index is 6.27. The van der Waals surface area contributed by atoms with Crippen molar-refractivity contribution in [3.05, 3.63) is 84.7 Å². The van der Waals surface area contributed by atoms with Gasteiger partial charge in [0.2, 0.25) is 0 Å². The number of rotatable bonds is 7. The number of nitrogens with one attached hydrogen (secondary N) is 1. The van der Waals surface area contributed by atoms with Gasteiger partial charge in [0, 0.05) is 49.3 Å². The van der Waals surface area contributed by atoms with E-state index in [2.05, 4.69) is 61.6 Å². The fourth-order valence-electron chi connectivity index (χ4n) is 5.11. The van der Waals surface area contributed by atoms with Crippen LogP contribution >= 0.6 is 0 Å². The van der Waals surface area contributed by atoms with Gasteiger partial charge in [0.05, 0.1) is 0 Å². The molecular formula is C28H31N9O. The van der Waals surface area contributed by atoms with E-state index in [-0.39, 0.29) is 6.04 Å². The monoisotopic (exact) mass is 509 g/mol. The standard InChI is InChI=1S/C28H31N9O/c1-3-4-23-14-21(29)8-10-35(23)16-20-7-11-37-27(20)28(31-18-33-37)34-22-5-6-25(19(2)13-22)38-24-9-12-36-26(15-24)30-17-32-36/h3-7,9,11-13,15,17-18,21,23H,8,10,14,16,29H2,1-2H3,(H,31,33,34)/b4-3+/t21-,23?/m0/s1. The molecule has 0 radical (unpaired) electrons. The van der Waals surface area contributed by atoms with Crippen LogP contribution in [0.25, 0.3) is 11.2 Å². The molecule has 3 N–H and O–H groups in total. The van der Waals surface area contributed by atoms with Gasteiger partial charge in [0.1, 0.15) is 29.7 Å². The van der Waals surface area contributed by atoms with Crippen molar-refractivity contribution in [1.82, 2.24) is 34.1 Å². The fraction of sp³-hybridized carbons (Fsp3) is 0.286. The molecule has 38 heavy (non-hydrogen) atoms. The Morgan fingerprint density at radius 1 is 1.08 bits per heavy atom. The predicted molar refractivity (Wildman–Crippen MR) is 147 cm³/mol. The average Bonchev–Trinajstić information content (AvgIpc) is 3.55. The van der Waals surface area contributed by atoms with Gasteiger partial charge in [-0.1, -0.05) is 12.2 Å². The molecule has 1 fully saturated rings. The average molecular weight is 510 g/mol. The van der Waals surface area contributed by atoms with Crippen molar-refractivity contribution >= 4 is 22.7 Å². The summed E-state index contributed by atoms with van der Waals surface area (Å²) in [6.07, 6.45) is 13.3. The number of hydrogen-bond acceptors (Lipinski definition) is 8. The highest BCUT2D eigenvalue weighted by Gasteiger charge is 2.26. The van der Waals surface area contributed by atoms with Crippen molar-refractivity contribution in [2.45, 2.75) is 45.3 Å². The van der Waals surface area contributed by atoms with E-state index in [1.165, 1.54) is 11.9 Å². The lowest BCUT2D eigenvalue weighted by Gasteiger charge is -2.36. The number of aryl methyl sites for hydroxylation is 1. The molecule has 0 amide bonds. The third kappa shape index (κ3) is 4.83. The highest BCUT2D eigenvalue weighted by atomic mass is 16.5. The third-order valence-electron chi connectivity index (χ3n) is 7.04. The zero-order chi connectivity index (χ0) is 26.1. The normalized spacial score (nSPS) is 18.5. The lowest BCUT2D eigenvalue weighted by Crippen LogP contribution is -2.45. The Kier molecular flexibility index (Phi) is 6.48. The summed E-state index contributed by atoms with van der Waals surface area (Å²) < 4.78 is 9.72. The van der Waals surface area contributed by atoms with Crippen molar-refractivity contribution in [1.29, 1.82) is 0 Å². The Morgan fingerprint density at radius 2 is 1.92 bits per heavy atom. The largest absolute Gasteiger partial charge is 0.457 e.